The Morgan fingerprint density at radius 3 is 2.65 bits per heavy atom. The molecule has 4 heteroatoms. The first-order valence-corrected chi connectivity index (χ1v) is 6.11. The number of nitrogens with one attached hydrogen (secondary N) is 1. The van der Waals surface area contributed by atoms with Gasteiger partial charge in [-0.2, -0.15) is 0 Å². The third-order valence-electron chi connectivity index (χ3n) is 3.54. The molecule has 0 saturated heterocycles. The molecule has 1 unspecified atom stereocenters. The molecule has 0 aliphatic heterocycles. The fourth-order valence-electron chi connectivity index (χ4n) is 2.59. The Morgan fingerprint density at radius 1 is 1.47 bits per heavy atom. The van der Waals surface area contributed by atoms with E-state index in [9.17, 15) is 4.79 Å². The predicted octanol–water partition coefficient (Wildman–Crippen LogP) is 2.96. The van der Waals surface area contributed by atoms with Gasteiger partial charge in [-0.1, -0.05) is 12.8 Å². The molecule has 1 fully saturated rings. The van der Waals surface area contributed by atoms with Crippen molar-refractivity contribution in [2.24, 2.45) is 0 Å². The second-order valence-electron chi connectivity index (χ2n) is 5.14. The second kappa shape index (κ2) is 4.53. The van der Waals surface area contributed by atoms with E-state index in [4.69, 9.17) is 9.52 Å². The van der Waals surface area contributed by atoms with Crippen LogP contribution in [0.3, 0.4) is 0 Å². The average Bonchev–Trinajstić information content (AvgIpc) is 2.86. The minimum absolute atomic E-state index is 0.00484. The van der Waals surface area contributed by atoms with E-state index in [2.05, 4.69) is 12.2 Å². The Bertz CT molecular complexity index is 405. The van der Waals surface area contributed by atoms with Crippen LogP contribution in [-0.4, -0.2) is 16.6 Å². The maximum Gasteiger partial charge on any atom is 0.371 e. The molecule has 17 heavy (non-hydrogen) atoms. The van der Waals surface area contributed by atoms with E-state index in [-0.39, 0.29) is 17.3 Å². The lowest BCUT2D eigenvalue weighted by atomic mass is 9.99. The molecule has 1 saturated carbocycles. The van der Waals surface area contributed by atoms with Crippen molar-refractivity contribution in [1.82, 2.24) is 5.32 Å². The number of carbonyl (C=O) groups is 1. The van der Waals surface area contributed by atoms with Gasteiger partial charge in [-0.25, -0.2) is 4.79 Å². The lowest BCUT2D eigenvalue weighted by Crippen LogP contribution is -2.40. The van der Waals surface area contributed by atoms with Crippen molar-refractivity contribution in [3.8, 4) is 0 Å². The van der Waals surface area contributed by atoms with Crippen LogP contribution < -0.4 is 5.32 Å². The second-order valence-corrected chi connectivity index (χ2v) is 5.14. The van der Waals surface area contributed by atoms with Gasteiger partial charge in [0.15, 0.2) is 0 Å². The number of carboxylic acids is 1. The molecule has 0 radical (unpaired) electrons. The van der Waals surface area contributed by atoms with Crippen molar-refractivity contribution in [2.45, 2.75) is 51.1 Å². The first kappa shape index (κ1) is 12.2. The van der Waals surface area contributed by atoms with E-state index in [1.54, 1.807) is 6.07 Å². The number of carboxylic acid groups (broad SMARTS) is 1. The summed E-state index contributed by atoms with van der Waals surface area (Å²) in [6.45, 7) is 4.23. The highest BCUT2D eigenvalue weighted by Crippen LogP contribution is 2.31. The first-order chi connectivity index (χ1) is 8.00. The summed E-state index contributed by atoms with van der Waals surface area (Å²) >= 11 is 0. The zero-order valence-corrected chi connectivity index (χ0v) is 10.3. The first-order valence-electron chi connectivity index (χ1n) is 6.11. The molecule has 1 atom stereocenters. The van der Waals surface area contributed by atoms with Crippen molar-refractivity contribution in [3.05, 3.63) is 23.7 Å². The zero-order valence-electron chi connectivity index (χ0n) is 10.3. The van der Waals surface area contributed by atoms with Crippen LogP contribution in [0.4, 0.5) is 0 Å². The molecular weight excluding hydrogens is 218 g/mol. The molecule has 0 amide bonds. The molecule has 1 aromatic rings. The third kappa shape index (κ3) is 2.69. The summed E-state index contributed by atoms with van der Waals surface area (Å²) in [5, 5.41) is 12.3. The van der Waals surface area contributed by atoms with Crippen LogP contribution >= 0.6 is 0 Å². The van der Waals surface area contributed by atoms with Crippen molar-refractivity contribution in [3.63, 3.8) is 0 Å². The fraction of sp³-hybridized carbons (Fsp3) is 0.615. The summed E-state index contributed by atoms with van der Waals surface area (Å²) in [5.74, 6) is -0.323. The molecule has 94 valence electrons. The Kier molecular flexibility index (Phi) is 3.24. The van der Waals surface area contributed by atoms with Crippen molar-refractivity contribution < 1.29 is 14.3 Å². The average molecular weight is 237 g/mol. The normalized spacial score (nSPS) is 20.4. The highest BCUT2D eigenvalue weighted by molar-refractivity contribution is 5.84. The number of hydrogen-bond acceptors (Lipinski definition) is 3. The van der Waals surface area contributed by atoms with Crippen LogP contribution in [0.25, 0.3) is 0 Å². The van der Waals surface area contributed by atoms with E-state index in [0.29, 0.717) is 5.76 Å². The van der Waals surface area contributed by atoms with Crippen molar-refractivity contribution in [2.75, 3.05) is 0 Å². The lowest BCUT2D eigenvalue weighted by molar-refractivity contribution is 0.0659. The Hall–Kier alpha value is -1.29. The largest absolute Gasteiger partial charge is 0.475 e. The van der Waals surface area contributed by atoms with Crippen molar-refractivity contribution in [1.29, 1.82) is 0 Å². The summed E-state index contributed by atoms with van der Waals surface area (Å²) in [6, 6.07) is 3.29. The summed E-state index contributed by atoms with van der Waals surface area (Å²) in [4.78, 5) is 10.7. The summed E-state index contributed by atoms with van der Waals surface area (Å²) in [6.07, 6.45) is 4.86. The SMILES string of the molecule is CC(NC1(C)CCCC1)c1ccc(C(=O)O)o1. The monoisotopic (exact) mass is 237 g/mol. The van der Waals surface area contributed by atoms with Gasteiger partial charge in [-0.05, 0) is 38.8 Å². The van der Waals surface area contributed by atoms with Gasteiger partial charge in [0.05, 0.1) is 6.04 Å². The van der Waals surface area contributed by atoms with Crippen LogP contribution in [0.1, 0.15) is 61.9 Å². The number of hydrogen-bond donors (Lipinski definition) is 2. The van der Waals surface area contributed by atoms with Crippen molar-refractivity contribution >= 4 is 5.97 Å². The van der Waals surface area contributed by atoms with E-state index < -0.39 is 5.97 Å². The molecule has 0 aromatic carbocycles. The maximum atomic E-state index is 10.7. The van der Waals surface area contributed by atoms with Crippen LogP contribution in [0.5, 0.6) is 0 Å². The molecular formula is C13H19NO3. The Morgan fingerprint density at radius 2 is 2.12 bits per heavy atom. The van der Waals surface area contributed by atoms with Gasteiger partial charge in [-0.3, -0.25) is 0 Å². The van der Waals surface area contributed by atoms with E-state index in [1.807, 2.05) is 6.92 Å². The van der Waals surface area contributed by atoms with Crippen LogP contribution in [0.2, 0.25) is 0 Å². The molecule has 2 N–H and O–H groups in total. The van der Waals surface area contributed by atoms with Gasteiger partial charge in [0.2, 0.25) is 5.76 Å². The minimum Gasteiger partial charge on any atom is -0.475 e. The molecule has 2 rings (SSSR count). The zero-order chi connectivity index (χ0) is 12.5. The molecule has 1 aliphatic carbocycles. The highest BCUT2D eigenvalue weighted by Gasteiger charge is 2.30. The van der Waals surface area contributed by atoms with Gasteiger partial charge in [0.25, 0.3) is 0 Å². The van der Waals surface area contributed by atoms with Gasteiger partial charge < -0.3 is 14.8 Å². The number of aromatic carboxylic acids is 1. The van der Waals surface area contributed by atoms with E-state index >= 15 is 0 Å². The quantitative estimate of drug-likeness (QED) is 0.845. The van der Waals surface area contributed by atoms with E-state index in [0.717, 1.165) is 0 Å². The highest BCUT2D eigenvalue weighted by atomic mass is 16.4. The van der Waals surface area contributed by atoms with Gasteiger partial charge >= 0.3 is 5.97 Å². The van der Waals surface area contributed by atoms with Crippen LogP contribution in [0.15, 0.2) is 16.5 Å². The van der Waals surface area contributed by atoms with Crippen LogP contribution in [-0.2, 0) is 0 Å². The predicted molar refractivity (Wildman–Crippen MR) is 64.1 cm³/mol. The topological polar surface area (TPSA) is 62.5 Å². The smallest absolute Gasteiger partial charge is 0.371 e. The summed E-state index contributed by atoms with van der Waals surface area (Å²) in [5.41, 5.74) is 0.162. The standard InChI is InChI=1S/C13H19NO3/c1-9(14-13(2)7-3-4-8-13)10-5-6-11(17-10)12(15)16/h5-6,9,14H,3-4,7-8H2,1-2H3,(H,15,16). The van der Waals surface area contributed by atoms with Gasteiger partial charge in [0, 0.05) is 5.54 Å². The molecule has 1 heterocycles. The summed E-state index contributed by atoms with van der Waals surface area (Å²) in [7, 11) is 0. The van der Waals surface area contributed by atoms with Crippen LogP contribution in [0, 0.1) is 0 Å². The fourth-order valence-corrected chi connectivity index (χ4v) is 2.59. The number of rotatable bonds is 4. The molecule has 0 bridgehead atoms. The maximum absolute atomic E-state index is 10.7. The van der Waals surface area contributed by atoms with E-state index in [1.165, 1.54) is 31.7 Å². The molecule has 1 aromatic heterocycles. The molecule has 1 aliphatic rings. The third-order valence-corrected chi connectivity index (χ3v) is 3.54. The molecule has 4 nitrogen and oxygen atoms in total. The number of furan rings is 1. The minimum atomic E-state index is -1.02. The van der Waals surface area contributed by atoms with Gasteiger partial charge in [-0.15, -0.1) is 0 Å². The summed E-state index contributed by atoms with van der Waals surface area (Å²) < 4.78 is 5.30. The molecule has 0 spiro atoms. The van der Waals surface area contributed by atoms with Gasteiger partial charge in [0.1, 0.15) is 5.76 Å². The Balaban J connectivity index is 2.03. The Labute approximate surface area is 101 Å². The lowest BCUT2D eigenvalue weighted by Gasteiger charge is -2.28.